The molecule has 1 saturated carbocycles. The number of rotatable bonds is 6. The van der Waals surface area contributed by atoms with Crippen LogP contribution in [0.4, 0.5) is 13.2 Å². The number of nitrogens with zero attached hydrogens (tertiary/aromatic N) is 2. The van der Waals surface area contributed by atoms with E-state index in [9.17, 15) is 32.7 Å². The molecule has 230 valence electrons. The average Bonchev–Trinajstić information content (AvgIpc) is 3.56. The van der Waals surface area contributed by atoms with Gasteiger partial charge in [0.15, 0.2) is 0 Å². The number of aromatic nitrogens is 1. The van der Waals surface area contributed by atoms with Crippen molar-refractivity contribution in [3.05, 3.63) is 71.9 Å². The first-order valence-electron chi connectivity index (χ1n) is 13.8. The van der Waals surface area contributed by atoms with Crippen molar-refractivity contribution in [3.63, 3.8) is 0 Å². The van der Waals surface area contributed by atoms with E-state index in [0.29, 0.717) is 37.2 Å². The number of carbonyl (C=O) groups excluding carboxylic acids is 2. The van der Waals surface area contributed by atoms with Crippen LogP contribution in [0.15, 0.2) is 60.7 Å². The third kappa shape index (κ3) is 6.66. The zero-order chi connectivity index (χ0) is 31.5. The van der Waals surface area contributed by atoms with Gasteiger partial charge in [0, 0.05) is 17.2 Å². The summed E-state index contributed by atoms with van der Waals surface area (Å²) in [6, 6.07) is 17.7. The molecule has 2 aromatic carbocycles. The van der Waals surface area contributed by atoms with Gasteiger partial charge in [0.05, 0.1) is 5.52 Å². The lowest BCUT2D eigenvalue weighted by molar-refractivity contribution is -0.192. The molecule has 1 aliphatic carbocycles. The number of hydrogen-bond donors (Lipinski definition) is 4. The lowest BCUT2D eigenvalue weighted by Gasteiger charge is -2.36. The number of carbonyl (C=O) groups is 4. The van der Waals surface area contributed by atoms with E-state index in [1.165, 1.54) is 0 Å². The number of primary amides is 1. The molecule has 3 aromatic rings. The number of halogens is 3. The van der Waals surface area contributed by atoms with Crippen LogP contribution in [0.3, 0.4) is 0 Å². The van der Waals surface area contributed by atoms with E-state index in [2.05, 4.69) is 0 Å². The fraction of sp³-hybridized carbons (Fsp3) is 0.400. The van der Waals surface area contributed by atoms with Gasteiger partial charge in [0.1, 0.15) is 17.9 Å². The first kappa shape index (κ1) is 31.5. The summed E-state index contributed by atoms with van der Waals surface area (Å²) in [7, 11) is 0. The molecule has 6 N–H and O–H groups in total. The molecule has 10 nitrogen and oxygen atoms in total. The number of para-hydroxylation sites is 1. The third-order valence-electron chi connectivity index (χ3n) is 8.28. The Kier molecular flexibility index (Phi) is 9.43. The van der Waals surface area contributed by atoms with Crippen molar-refractivity contribution >= 4 is 34.7 Å². The maximum Gasteiger partial charge on any atom is 0.490 e. The van der Waals surface area contributed by atoms with Crippen LogP contribution in [0.25, 0.3) is 10.9 Å². The normalized spacial score (nSPS) is 23.8. The van der Waals surface area contributed by atoms with Crippen LogP contribution < -0.4 is 11.5 Å². The third-order valence-corrected chi connectivity index (χ3v) is 8.28. The van der Waals surface area contributed by atoms with E-state index in [1.807, 2.05) is 54.6 Å². The molecule has 2 fully saturated rings. The number of aromatic carboxylic acids is 1. The highest BCUT2D eigenvalue weighted by Crippen LogP contribution is 2.46. The molecule has 43 heavy (non-hydrogen) atoms. The number of alkyl halides is 3. The molecule has 1 saturated heterocycles. The lowest BCUT2D eigenvalue weighted by atomic mass is 9.81. The Morgan fingerprint density at radius 1 is 0.907 bits per heavy atom. The summed E-state index contributed by atoms with van der Waals surface area (Å²) in [6.07, 6.45) is -2.23. The molecule has 0 spiro atoms. The van der Waals surface area contributed by atoms with Crippen LogP contribution in [0.2, 0.25) is 0 Å². The second-order valence-electron chi connectivity index (χ2n) is 10.8. The van der Waals surface area contributed by atoms with Crippen molar-refractivity contribution in [2.45, 2.75) is 56.4 Å². The van der Waals surface area contributed by atoms with Crippen LogP contribution in [0, 0.1) is 11.8 Å². The SMILES string of the molecule is NC[C@H]1CC[C@H](C(=O)N2C(n3c(C(=O)O)cc4ccccc43)C[C@@H](c3ccccc3)[C@H]2C(N)=O)CC1.O=C(O)C(F)(F)F. The Morgan fingerprint density at radius 2 is 1.49 bits per heavy atom. The summed E-state index contributed by atoms with van der Waals surface area (Å²) in [5, 5.41) is 18.0. The van der Waals surface area contributed by atoms with Gasteiger partial charge in [-0.05, 0) is 62.3 Å². The summed E-state index contributed by atoms with van der Waals surface area (Å²) in [5.74, 6) is -4.74. The summed E-state index contributed by atoms with van der Waals surface area (Å²) in [6.45, 7) is 0.602. The lowest BCUT2D eigenvalue weighted by Crippen LogP contribution is -2.50. The maximum absolute atomic E-state index is 14.1. The number of carboxylic acid groups (broad SMARTS) is 2. The van der Waals surface area contributed by atoms with Gasteiger partial charge < -0.3 is 31.1 Å². The highest BCUT2D eigenvalue weighted by molar-refractivity contribution is 5.95. The first-order valence-corrected chi connectivity index (χ1v) is 13.8. The topological polar surface area (TPSA) is 169 Å². The van der Waals surface area contributed by atoms with Crippen molar-refractivity contribution in [1.29, 1.82) is 0 Å². The quantitative estimate of drug-likeness (QED) is 0.329. The molecule has 3 atom stereocenters. The second kappa shape index (κ2) is 12.9. The number of hydrogen-bond acceptors (Lipinski definition) is 5. The zero-order valence-corrected chi connectivity index (χ0v) is 23.1. The number of carboxylic acids is 2. The maximum atomic E-state index is 14.1. The number of amides is 2. The standard InChI is InChI=1S/C28H32N4O4.C2HF3O2/c29-16-17-10-12-19(13-11-17)27(34)32-24(15-21(25(32)26(30)33)18-6-2-1-3-7-18)31-22-9-5-4-8-20(22)14-23(31)28(35)36;3-2(4,5)1(6)7/h1-9,14,17,19,21,24-25H,10-13,15-16,29H2,(H2,30,33)(H,35,36);(H,6,7)/t17-,19-,21-,24?,25-;/m0./s1. The Labute approximate surface area is 245 Å². The summed E-state index contributed by atoms with van der Waals surface area (Å²) >= 11 is 0. The van der Waals surface area contributed by atoms with Crippen LogP contribution in [-0.2, 0) is 14.4 Å². The fourth-order valence-corrected chi connectivity index (χ4v) is 6.23. The van der Waals surface area contributed by atoms with Gasteiger partial charge in [-0.25, -0.2) is 9.59 Å². The molecule has 0 radical (unpaired) electrons. The van der Waals surface area contributed by atoms with E-state index in [4.69, 9.17) is 21.4 Å². The molecule has 13 heteroatoms. The minimum absolute atomic E-state index is 0.0859. The highest BCUT2D eigenvalue weighted by Gasteiger charge is 2.50. The monoisotopic (exact) mass is 602 g/mol. The number of aliphatic carboxylic acids is 1. The van der Waals surface area contributed by atoms with Crippen molar-refractivity contribution in [1.82, 2.24) is 9.47 Å². The van der Waals surface area contributed by atoms with Crippen molar-refractivity contribution < 1.29 is 42.6 Å². The van der Waals surface area contributed by atoms with E-state index < -0.39 is 36.2 Å². The van der Waals surface area contributed by atoms with Crippen molar-refractivity contribution in [3.8, 4) is 0 Å². The number of likely N-dealkylation sites (tertiary alicyclic amines) is 1. The zero-order valence-electron chi connectivity index (χ0n) is 23.1. The van der Waals surface area contributed by atoms with Crippen LogP contribution in [0.1, 0.15) is 60.2 Å². The van der Waals surface area contributed by atoms with E-state index >= 15 is 0 Å². The van der Waals surface area contributed by atoms with Gasteiger partial charge >= 0.3 is 18.1 Å². The molecular weight excluding hydrogens is 569 g/mol. The highest BCUT2D eigenvalue weighted by atomic mass is 19.4. The Morgan fingerprint density at radius 3 is 2.02 bits per heavy atom. The first-order chi connectivity index (χ1) is 20.3. The van der Waals surface area contributed by atoms with Crippen molar-refractivity contribution in [2.24, 2.45) is 23.3 Å². The molecule has 2 aliphatic rings. The molecule has 2 amide bonds. The second-order valence-corrected chi connectivity index (χ2v) is 10.8. The van der Waals surface area contributed by atoms with Gasteiger partial charge in [-0.1, -0.05) is 48.5 Å². The Balaban J connectivity index is 0.000000541. The van der Waals surface area contributed by atoms with Crippen LogP contribution in [0.5, 0.6) is 0 Å². The van der Waals surface area contributed by atoms with E-state index in [-0.39, 0.29) is 23.4 Å². The molecule has 1 aromatic heterocycles. The smallest absolute Gasteiger partial charge is 0.477 e. The molecule has 1 unspecified atom stereocenters. The largest absolute Gasteiger partial charge is 0.490 e. The minimum atomic E-state index is -5.08. The number of fused-ring (bicyclic) bond motifs is 1. The van der Waals surface area contributed by atoms with Crippen LogP contribution >= 0.6 is 0 Å². The Bertz CT molecular complexity index is 1480. The number of nitrogens with two attached hydrogens (primary N) is 2. The average molecular weight is 603 g/mol. The minimum Gasteiger partial charge on any atom is -0.477 e. The number of benzene rings is 2. The predicted molar refractivity (Wildman–Crippen MR) is 150 cm³/mol. The molecule has 0 bridgehead atoms. The molecular formula is C30H33F3N4O6. The van der Waals surface area contributed by atoms with Gasteiger partial charge in [-0.15, -0.1) is 0 Å². The summed E-state index contributed by atoms with van der Waals surface area (Å²) in [4.78, 5) is 49.9. The van der Waals surface area contributed by atoms with Gasteiger partial charge in [0.2, 0.25) is 11.8 Å². The molecule has 2 heterocycles. The van der Waals surface area contributed by atoms with E-state index in [1.54, 1.807) is 15.5 Å². The van der Waals surface area contributed by atoms with Gasteiger partial charge in [0.25, 0.3) is 0 Å². The fourth-order valence-electron chi connectivity index (χ4n) is 6.23. The van der Waals surface area contributed by atoms with Crippen molar-refractivity contribution in [2.75, 3.05) is 6.54 Å². The molecule has 5 rings (SSSR count). The Hall–Kier alpha value is -4.39. The van der Waals surface area contributed by atoms with Crippen LogP contribution in [-0.4, -0.2) is 62.2 Å². The summed E-state index contributed by atoms with van der Waals surface area (Å²) < 4.78 is 33.4. The predicted octanol–water partition coefficient (Wildman–Crippen LogP) is 4.11. The van der Waals surface area contributed by atoms with Gasteiger partial charge in [-0.2, -0.15) is 13.2 Å². The molecule has 1 aliphatic heterocycles. The van der Waals surface area contributed by atoms with Gasteiger partial charge in [-0.3, -0.25) is 9.59 Å². The summed E-state index contributed by atoms with van der Waals surface area (Å²) in [5.41, 5.74) is 13.5. The van der Waals surface area contributed by atoms with E-state index in [0.717, 1.165) is 23.8 Å².